The third-order valence-corrected chi connectivity index (χ3v) is 5.96. The van der Waals surface area contributed by atoms with E-state index in [0.29, 0.717) is 16.4 Å². The molecule has 1 N–H and O–H groups in total. The van der Waals surface area contributed by atoms with E-state index < -0.39 is 5.25 Å². The Bertz CT molecular complexity index is 1270. The van der Waals surface area contributed by atoms with Crippen LogP contribution < -0.4 is 5.32 Å². The summed E-state index contributed by atoms with van der Waals surface area (Å²) in [5.41, 5.74) is 3.89. The van der Waals surface area contributed by atoms with Crippen molar-refractivity contribution in [3.05, 3.63) is 54.1 Å². The fourth-order valence-electron chi connectivity index (χ4n) is 3.43. The predicted molar refractivity (Wildman–Crippen MR) is 124 cm³/mol. The maximum Gasteiger partial charge on any atom is 0.237 e. The van der Waals surface area contributed by atoms with Crippen LogP contribution in [0.3, 0.4) is 0 Å². The number of rotatable bonds is 7. The van der Waals surface area contributed by atoms with Crippen molar-refractivity contribution in [2.45, 2.75) is 44.1 Å². The first-order valence-electron chi connectivity index (χ1n) is 10.2. The topological polar surface area (TPSA) is 89.8 Å². The van der Waals surface area contributed by atoms with E-state index in [-0.39, 0.29) is 11.7 Å². The van der Waals surface area contributed by atoms with Gasteiger partial charge in [-0.1, -0.05) is 36.9 Å². The summed E-state index contributed by atoms with van der Waals surface area (Å²) in [4.78, 5) is 28.7. The van der Waals surface area contributed by atoms with Crippen LogP contribution in [0.4, 0.5) is 5.69 Å². The number of Topliss-reactive ketones (excluding diaryl/α,β-unsaturated/α-hetero) is 1. The molecular formula is C23H23N5O2S. The Balaban J connectivity index is 1.54. The molecular weight excluding hydrogens is 410 g/mol. The Morgan fingerprint density at radius 3 is 2.55 bits per heavy atom. The number of para-hydroxylation sites is 1. The monoisotopic (exact) mass is 433 g/mol. The third-order valence-electron chi connectivity index (χ3n) is 5.01. The summed E-state index contributed by atoms with van der Waals surface area (Å²) in [5.74, 6) is -0.180. The first-order chi connectivity index (χ1) is 15.0. The Hall–Kier alpha value is -3.26. The molecule has 2 aromatic carbocycles. The van der Waals surface area contributed by atoms with Gasteiger partial charge in [-0.05, 0) is 50.6 Å². The molecule has 0 saturated carbocycles. The molecule has 8 heteroatoms. The van der Waals surface area contributed by atoms with E-state index in [2.05, 4.69) is 33.1 Å². The van der Waals surface area contributed by atoms with Gasteiger partial charge in [0.2, 0.25) is 11.1 Å². The maximum absolute atomic E-state index is 12.6. The lowest BCUT2D eigenvalue weighted by molar-refractivity contribution is -0.115. The van der Waals surface area contributed by atoms with Gasteiger partial charge in [-0.3, -0.25) is 9.59 Å². The number of carbonyl (C=O) groups is 2. The Morgan fingerprint density at radius 2 is 1.84 bits per heavy atom. The number of carbonyl (C=O) groups excluding carboxylic acids is 2. The van der Waals surface area contributed by atoms with Crippen LogP contribution in [0.5, 0.6) is 0 Å². The van der Waals surface area contributed by atoms with E-state index >= 15 is 0 Å². The molecule has 2 aromatic heterocycles. The van der Waals surface area contributed by atoms with Crippen molar-refractivity contribution in [2.24, 2.45) is 0 Å². The summed E-state index contributed by atoms with van der Waals surface area (Å²) < 4.78 is 2.16. The first-order valence-corrected chi connectivity index (χ1v) is 11.1. The van der Waals surface area contributed by atoms with Crippen LogP contribution in [0.15, 0.2) is 53.7 Å². The van der Waals surface area contributed by atoms with Crippen molar-refractivity contribution in [3.63, 3.8) is 0 Å². The molecule has 2 heterocycles. The minimum absolute atomic E-state index is 0.0117. The largest absolute Gasteiger partial charge is 0.325 e. The molecule has 7 nitrogen and oxygen atoms in total. The lowest BCUT2D eigenvalue weighted by Gasteiger charge is -2.11. The van der Waals surface area contributed by atoms with Crippen LogP contribution in [-0.2, 0) is 11.3 Å². The normalized spacial score (nSPS) is 12.2. The second-order valence-electron chi connectivity index (χ2n) is 7.32. The Kier molecular flexibility index (Phi) is 5.99. The van der Waals surface area contributed by atoms with Crippen molar-refractivity contribution in [2.75, 3.05) is 5.32 Å². The quantitative estimate of drug-likeness (QED) is 0.335. The van der Waals surface area contributed by atoms with Gasteiger partial charge in [-0.15, -0.1) is 10.2 Å². The van der Waals surface area contributed by atoms with Gasteiger partial charge in [-0.2, -0.15) is 0 Å². The van der Waals surface area contributed by atoms with Crippen molar-refractivity contribution < 1.29 is 9.59 Å². The number of fused-ring (bicyclic) bond motifs is 3. The average molecular weight is 434 g/mol. The third kappa shape index (κ3) is 4.29. The number of thioether (sulfide) groups is 1. The van der Waals surface area contributed by atoms with Gasteiger partial charge in [0, 0.05) is 23.2 Å². The fraction of sp³-hybridized carbons (Fsp3) is 0.261. The van der Waals surface area contributed by atoms with Gasteiger partial charge < -0.3 is 9.88 Å². The van der Waals surface area contributed by atoms with E-state index in [1.807, 2.05) is 18.2 Å². The van der Waals surface area contributed by atoms with E-state index in [4.69, 9.17) is 4.98 Å². The Labute approximate surface area is 184 Å². The number of hydrogen-bond acceptors (Lipinski definition) is 6. The summed E-state index contributed by atoms with van der Waals surface area (Å²) in [5, 5.41) is 12.6. The zero-order valence-electron chi connectivity index (χ0n) is 17.6. The minimum atomic E-state index is -0.421. The number of aromatic nitrogens is 4. The van der Waals surface area contributed by atoms with Crippen molar-refractivity contribution in [1.29, 1.82) is 0 Å². The summed E-state index contributed by atoms with van der Waals surface area (Å²) in [6.07, 6.45) is 0.974. The van der Waals surface area contributed by atoms with Crippen LogP contribution in [0.2, 0.25) is 0 Å². The molecule has 31 heavy (non-hydrogen) atoms. The highest BCUT2D eigenvalue weighted by molar-refractivity contribution is 8.00. The van der Waals surface area contributed by atoms with Gasteiger partial charge in [0.15, 0.2) is 11.4 Å². The highest BCUT2D eigenvalue weighted by atomic mass is 32.2. The molecule has 158 valence electrons. The Morgan fingerprint density at radius 1 is 1.10 bits per heavy atom. The number of hydrogen-bond donors (Lipinski definition) is 1. The van der Waals surface area contributed by atoms with E-state index in [1.165, 1.54) is 18.7 Å². The van der Waals surface area contributed by atoms with Crippen molar-refractivity contribution >= 4 is 51.2 Å². The molecule has 0 unspecified atom stereocenters. The van der Waals surface area contributed by atoms with E-state index in [1.54, 1.807) is 31.2 Å². The van der Waals surface area contributed by atoms with Gasteiger partial charge in [0.25, 0.3) is 0 Å². The lowest BCUT2D eigenvalue weighted by Crippen LogP contribution is -2.22. The molecule has 1 atom stereocenters. The molecule has 0 bridgehead atoms. The molecule has 4 rings (SSSR count). The molecule has 1 amide bonds. The molecule has 0 aliphatic carbocycles. The van der Waals surface area contributed by atoms with Crippen LogP contribution >= 0.6 is 11.8 Å². The van der Waals surface area contributed by atoms with E-state index in [0.717, 1.165) is 35.0 Å². The van der Waals surface area contributed by atoms with Crippen LogP contribution in [0.1, 0.15) is 37.6 Å². The number of nitrogens with zero attached hydrogens (tertiary/aromatic N) is 4. The summed E-state index contributed by atoms with van der Waals surface area (Å²) >= 11 is 1.27. The molecule has 4 aromatic rings. The number of nitrogens with one attached hydrogen (secondary N) is 1. The van der Waals surface area contributed by atoms with Crippen molar-refractivity contribution in [1.82, 2.24) is 19.7 Å². The number of aryl methyl sites for hydroxylation is 1. The molecule has 0 aliphatic rings. The zero-order chi connectivity index (χ0) is 22.0. The average Bonchev–Trinajstić information content (AvgIpc) is 3.07. The summed E-state index contributed by atoms with van der Waals surface area (Å²) in [7, 11) is 0. The van der Waals surface area contributed by atoms with E-state index in [9.17, 15) is 9.59 Å². The zero-order valence-corrected chi connectivity index (χ0v) is 18.4. The first kappa shape index (κ1) is 21.0. The molecule has 0 fully saturated rings. The number of amides is 1. The molecule has 0 spiro atoms. The lowest BCUT2D eigenvalue weighted by atomic mass is 10.1. The fourth-order valence-corrected chi connectivity index (χ4v) is 4.14. The van der Waals surface area contributed by atoms with Crippen LogP contribution in [-0.4, -0.2) is 36.7 Å². The molecule has 0 saturated heterocycles. The number of benzene rings is 2. The number of anilines is 1. The van der Waals surface area contributed by atoms with Crippen LogP contribution in [0.25, 0.3) is 22.1 Å². The second-order valence-corrected chi connectivity index (χ2v) is 8.63. The van der Waals surface area contributed by atoms with Gasteiger partial charge in [0.1, 0.15) is 5.52 Å². The predicted octanol–water partition coefficient (Wildman–Crippen LogP) is 4.71. The second kappa shape index (κ2) is 8.85. The summed E-state index contributed by atoms with van der Waals surface area (Å²) in [6.45, 7) is 6.27. The van der Waals surface area contributed by atoms with Gasteiger partial charge >= 0.3 is 0 Å². The SMILES string of the molecule is CCCn1c2ccccc2c2nnc(S[C@@H](C)C(=O)Nc3ccc(C(C)=O)cc3)nc21. The highest BCUT2D eigenvalue weighted by Gasteiger charge is 2.19. The molecule has 0 radical (unpaired) electrons. The van der Waals surface area contributed by atoms with Crippen molar-refractivity contribution in [3.8, 4) is 0 Å². The summed E-state index contributed by atoms with van der Waals surface area (Å²) in [6, 6.07) is 14.9. The molecule has 0 aliphatic heterocycles. The van der Waals surface area contributed by atoms with Gasteiger partial charge in [-0.25, -0.2) is 4.98 Å². The standard InChI is InChI=1S/C23H23N5O2S/c1-4-13-28-19-8-6-5-7-18(19)20-21(28)25-23(27-26-20)31-15(3)22(30)24-17-11-9-16(10-12-17)14(2)29/h5-12,15H,4,13H2,1-3H3,(H,24,30)/t15-/m0/s1. The van der Waals surface area contributed by atoms with Crippen LogP contribution in [0, 0.1) is 0 Å². The van der Waals surface area contributed by atoms with Gasteiger partial charge in [0.05, 0.1) is 10.8 Å². The number of ketones is 1. The maximum atomic E-state index is 12.6. The minimum Gasteiger partial charge on any atom is -0.325 e. The highest BCUT2D eigenvalue weighted by Crippen LogP contribution is 2.28. The smallest absolute Gasteiger partial charge is 0.237 e.